The first-order chi connectivity index (χ1) is 12.8. The summed E-state index contributed by atoms with van der Waals surface area (Å²) in [5.74, 6) is -1.35. The van der Waals surface area contributed by atoms with Crippen LogP contribution in [0.25, 0.3) is 5.69 Å². The number of benzene rings is 1. The van der Waals surface area contributed by atoms with Crippen LogP contribution in [0.5, 0.6) is 0 Å². The third-order valence-corrected chi connectivity index (χ3v) is 4.73. The van der Waals surface area contributed by atoms with Crippen molar-refractivity contribution in [2.45, 2.75) is 32.8 Å². The second-order valence-electron chi connectivity index (χ2n) is 6.64. The summed E-state index contributed by atoms with van der Waals surface area (Å²) in [4.78, 5) is 25.2. The SMILES string of the molecule is Cc1nn(-c2ccc(F)cc2)c(C)c1CC(=O)N1CCOC(CC(=O)O)C1. The molecular weight excluding hydrogens is 353 g/mol. The second kappa shape index (κ2) is 7.87. The van der Waals surface area contributed by atoms with Crippen LogP contribution in [0.4, 0.5) is 4.39 Å². The van der Waals surface area contributed by atoms with Gasteiger partial charge in [-0.15, -0.1) is 0 Å². The van der Waals surface area contributed by atoms with Gasteiger partial charge in [-0.3, -0.25) is 9.59 Å². The minimum atomic E-state index is -0.943. The standard InChI is InChI=1S/C19H22FN3O4/c1-12-17(13(2)23(21-12)15-5-3-14(20)4-6-15)10-18(24)22-7-8-27-16(11-22)9-19(25)26/h3-6,16H,7-11H2,1-2H3,(H,25,26). The number of aliphatic carboxylic acids is 1. The van der Waals surface area contributed by atoms with E-state index in [-0.39, 0.29) is 31.1 Å². The van der Waals surface area contributed by atoms with E-state index in [1.807, 2.05) is 13.8 Å². The minimum Gasteiger partial charge on any atom is -0.481 e. The highest BCUT2D eigenvalue weighted by molar-refractivity contribution is 5.79. The predicted molar refractivity (Wildman–Crippen MR) is 95.3 cm³/mol. The number of rotatable bonds is 5. The van der Waals surface area contributed by atoms with E-state index in [9.17, 15) is 14.0 Å². The lowest BCUT2D eigenvalue weighted by atomic mass is 10.1. The molecule has 1 saturated heterocycles. The molecule has 1 N–H and O–H groups in total. The van der Waals surface area contributed by atoms with Crippen LogP contribution in [0, 0.1) is 19.7 Å². The van der Waals surface area contributed by atoms with E-state index in [1.165, 1.54) is 12.1 Å². The molecule has 27 heavy (non-hydrogen) atoms. The molecule has 8 heteroatoms. The van der Waals surface area contributed by atoms with Crippen LogP contribution in [0.1, 0.15) is 23.4 Å². The Morgan fingerprint density at radius 1 is 1.30 bits per heavy atom. The second-order valence-corrected chi connectivity index (χ2v) is 6.64. The number of aryl methyl sites for hydroxylation is 1. The fourth-order valence-electron chi connectivity index (χ4n) is 3.29. The number of nitrogens with zero attached hydrogens (tertiary/aromatic N) is 3. The van der Waals surface area contributed by atoms with Gasteiger partial charge in [0.1, 0.15) is 5.82 Å². The van der Waals surface area contributed by atoms with E-state index in [0.29, 0.717) is 13.2 Å². The molecule has 1 aliphatic heterocycles. The maximum absolute atomic E-state index is 13.1. The summed E-state index contributed by atoms with van der Waals surface area (Å²) in [6, 6.07) is 6.01. The van der Waals surface area contributed by atoms with Gasteiger partial charge in [0.15, 0.2) is 0 Å². The molecule has 0 radical (unpaired) electrons. The lowest BCUT2D eigenvalue weighted by molar-refractivity contribution is -0.147. The Hall–Kier alpha value is -2.74. The summed E-state index contributed by atoms with van der Waals surface area (Å²) in [6.45, 7) is 4.76. The van der Waals surface area contributed by atoms with Crippen molar-refractivity contribution >= 4 is 11.9 Å². The quantitative estimate of drug-likeness (QED) is 0.863. The van der Waals surface area contributed by atoms with E-state index in [1.54, 1.807) is 21.7 Å². The number of carbonyl (C=O) groups is 2. The van der Waals surface area contributed by atoms with Crippen LogP contribution >= 0.6 is 0 Å². The Labute approximate surface area is 156 Å². The molecule has 1 amide bonds. The fourth-order valence-corrected chi connectivity index (χ4v) is 3.29. The smallest absolute Gasteiger partial charge is 0.306 e. The van der Waals surface area contributed by atoms with E-state index in [4.69, 9.17) is 9.84 Å². The first-order valence-electron chi connectivity index (χ1n) is 8.77. The molecule has 1 aromatic heterocycles. The van der Waals surface area contributed by atoms with Gasteiger partial charge in [0, 0.05) is 24.3 Å². The van der Waals surface area contributed by atoms with E-state index < -0.39 is 12.1 Å². The number of amides is 1. The van der Waals surface area contributed by atoms with Gasteiger partial charge in [-0.05, 0) is 38.1 Å². The monoisotopic (exact) mass is 375 g/mol. The lowest BCUT2D eigenvalue weighted by Crippen LogP contribution is -2.46. The summed E-state index contributed by atoms with van der Waals surface area (Å²) < 4.78 is 20.3. The molecular formula is C19H22FN3O4. The Balaban J connectivity index is 1.74. The number of morpholine rings is 1. The third-order valence-electron chi connectivity index (χ3n) is 4.73. The number of carboxylic acids is 1. The molecule has 2 heterocycles. The molecule has 1 atom stereocenters. The number of hydrogen-bond acceptors (Lipinski definition) is 4. The Morgan fingerprint density at radius 2 is 2.00 bits per heavy atom. The Bertz CT molecular complexity index is 847. The highest BCUT2D eigenvalue weighted by atomic mass is 19.1. The van der Waals surface area contributed by atoms with Crippen LogP contribution < -0.4 is 0 Å². The highest BCUT2D eigenvalue weighted by Gasteiger charge is 2.27. The van der Waals surface area contributed by atoms with Crippen molar-refractivity contribution in [2.24, 2.45) is 0 Å². The molecule has 3 rings (SSSR count). The van der Waals surface area contributed by atoms with Gasteiger partial charge in [0.05, 0.1) is 36.9 Å². The molecule has 1 aliphatic rings. The molecule has 1 unspecified atom stereocenters. The zero-order valence-corrected chi connectivity index (χ0v) is 15.3. The molecule has 7 nitrogen and oxygen atoms in total. The predicted octanol–water partition coefficient (Wildman–Crippen LogP) is 1.87. The van der Waals surface area contributed by atoms with Crippen LogP contribution in [-0.2, 0) is 20.7 Å². The third kappa shape index (κ3) is 4.33. The molecule has 2 aromatic rings. The van der Waals surface area contributed by atoms with Gasteiger partial charge in [-0.2, -0.15) is 5.10 Å². The summed E-state index contributed by atoms with van der Waals surface area (Å²) in [6.07, 6.45) is -0.424. The van der Waals surface area contributed by atoms with Gasteiger partial charge < -0.3 is 14.7 Å². The summed E-state index contributed by atoms with van der Waals surface area (Å²) in [7, 11) is 0. The molecule has 144 valence electrons. The van der Waals surface area contributed by atoms with Gasteiger partial charge >= 0.3 is 5.97 Å². The zero-order chi connectivity index (χ0) is 19.6. The Morgan fingerprint density at radius 3 is 2.67 bits per heavy atom. The first kappa shape index (κ1) is 19.0. The van der Waals surface area contributed by atoms with Crippen molar-refractivity contribution in [1.29, 1.82) is 0 Å². The molecule has 0 spiro atoms. The van der Waals surface area contributed by atoms with Crippen LogP contribution in [-0.4, -0.2) is 57.5 Å². The molecule has 0 aliphatic carbocycles. The Kier molecular flexibility index (Phi) is 5.55. The molecule has 1 fully saturated rings. The average molecular weight is 375 g/mol. The number of carboxylic acid groups (broad SMARTS) is 1. The van der Waals surface area contributed by atoms with Crippen LogP contribution in [0.2, 0.25) is 0 Å². The number of halogens is 1. The van der Waals surface area contributed by atoms with E-state index in [0.717, 1.165) is 22.6 Å². The summed E-state index contributed by atoms with van der Waals surface area (Å²) >= 11 is 0. The van der Waals surface area contributed by atoms with Gasteiger partial charge in [-0.1, -0.05) is 0 Å². The number of carbonyl (C=O) groups excluding carboxylic acids is 1. The first-order valence-corrected chi connectivity index (χ1v) is 8.77. The zero-order valence-electron chi connectivity index (χ0n) is 15.3. The van der Waals surface area contributed by atoms with Gasteiger partial charge in [0.25, 0.3) is 0 Å². The van der Waals surface area contributed by atoms with Gasteiger partial charge in [-0.25, -0.2) is 9.07 Å². The topological polar surface area (TPSA) is 84.7 Å². The average Bonchev–Trinajstić information content (AvgIpc) is 2.90. The summed E-state index contributed by atoms with van der Waals surface area (Å²) in [5.41, 5.74) is 3.11. The lowest BCUT2D eigenvalue weighted by Gasteiger charge is -2.32. The van der Waals surface area contributed by atoms with Crippen LogP contribution in [0.15, 0.2) is 24.3 Å². The van der Waals surface area contributed by atoms with Crippen molar-refractivity contribution in [2.75, 3.05) is 19.7 Å². The number of ether oxygens (including phenoxy) is 1. The van der Waals surface area contributed by atoms with E-state index in [2.05, 4.69) is 5.10 Å². The summed E-state index contributed by atoms with van der Waals surface area (Å²) in [5, 5.41) is 13.4. The largest absolute Gasteiger partial charge is 0.481 e. The number of aromatic nitrogens is 2. The van der Waals surface area contributed by atoms with Crippen molar-refractivity contribution in [3.63, 3.8) is 0 Å². The van der Waals surface area contributed by atoms with Crippen molar-refractivity contribution < 1.29 is 23.8 Å². The maximum Gasteiger partial charge on any atom is 0.306 e. The highest BCUT2D eigenvalue weighted by Crippen LogP contribution is 2.20. The number of hydrogen-bond donors (Lipinski definition) is 1. The molecule has 0 bridgehead atoms. The fraction of sp³-hybridized carbons (Fsp3) is 0.421. The minimum absolute atomic E-state index is 0.0847. The van der Waals surface area contributed by atoms with Gasteiger partial charge in [0.2, 0.25) is 5.91 Å². The van der Waals surface area contributed by atoms with Crippen molar-refractivity contribution in [3.8, 4) is 5.69 Å². The normalized spacial score (nSPS) is 17.1. The molecule has 0 saturated carbocycles. The maximum atomic E-state index is 13.1. The van der Waals surface area contributed by atoms with Crippen molar-refractivity contribution in [1.82, 2.24) is 14.7 Å². The van der Waals surface area contributed by atoms with E-state index >= 15 is 0 Å². The van der Waals surface area contributed by atoms with Crippen LogP contribution in [0.3, 0.4) is 0 Å². The van der Waals surface area contributed by atoms with Crippen molar-refractivity contribution in [3.05, 3.63) is 47.0 Å². The molecule has 1 aromatic carbocycles.